The number of pyridine rings is 1. The van der Waals surface area contributed by atoms with Crippen molar-refractivity contribution >= 4 is 17.3 Å². The first-order valence-electron chi connectivity index (χ1n) is 6.79. The third kappa shape index (κ3) is 3.15. The molecule has 4 heteroatoms. The van der Waals surface area contributed by atoms with Gasteiger partial charge in [-0.25, -0.2) is 0 Å². The topological polar surface area (TPSA) is 28.2 Å². The van der Waals surface area contributed by atoms with E-state index in [2.05, 4.69) is 22.1 Å². The smallest absolute Gasteiger partial charge is 0.0851 e. The Morgan fingerprint density at radius 1 is 1.44 bits per heavy atom. The summed E-state index contributed by atoms with van der Waals surface area (Å²) < 4.78 is 0. The Morgan fingerprint density at radius 3 is 2.83 bits per heavy atom. The number of halogens is 1. The highest BCUT2D eigenvalue weighted by atomic mass is 35.5. The van der Waals surface area contributed by atoms with Gasteiger partial charge in [-0.3, -0.25) is 4.98 Å². The minimum Gasteiger partial charge on any atom is -0.370 e. The summed E-state index contributed by atoms with van der Waals surface area (Å²) in [6.07, 6.45) is 4.33. The van der Waals surface area contributed by atoms with E-state index in [0.29, 0.717) is 0 Å². The highest BCUT2D eigenvalue weighted by Crippen LogP contribution is 2.30. The average molecular weight is 268 g/mol. The van der Waals surface area contributed by atoms with Crippen molar-refractivity contribution in [3.63, 3.8) is 0 Å². The molecular formula is C14H22ClN3. The molecule has 1 aliphatic rings. The van der Waals surface area contributed by atoms with Gasteiger partial charge in [0.05, 0.1) is 16.4 Å². The lowest BCUT2D eigenvalue weighted by molar-refractivity contribution is 0.386. The molecule has 3 nitrogen and oxygen atoms in total. The molecule has 0 aromatic carbocycles. The second kappa shape index (κ2) is 6.39. The average Bonchev–Trinajstić information content (AvgIpc) is 2.40. The molecule has 1 N–H and O–H groups in total. The summed E-state index contributed by atoms with van der Waals surface area (Å²) in [5, 5.41) is 4.25. The Hall–Kier alpha value is -0.800. The van der Waals surface area contributed by atoms with E-state index in [1.807, 2.05) is 19.2 Å². The molecule has 0 saturated carbocycles. The SMILES string of the molecule is CCNCC1CCN(c2ccnc(C)c2Cl)CC1. The minimum absolute atomic E-state index is 0.808. The van der Waals surface area contributed by atoms with Crippen LogP contribution in [0.3, 0.4) is 0 Å². The zero-order valence-electron chi connectivity index (χ0n) is 11.2. The second-order valence-electron chi connectivity index (χ2n) is 4.97. The third-order valence-electron chi connectivity index (χ3n) is 3.68. The van der Waals surface area contributed by atoms with Crippen molar-refractivity contribution in [3.05, 3.63) is 23.0 Å². The molecule has 1 aromatic rings. The largest absolute Gasteiger partial charge is 0.370 e. The standard InChI is InChI=1S/C14H22ClN3/c1-3-16-10-12-5-8-18(9-6-12)13-4-7-17-11(2)14(13)15/h4,7,12,16H,3,5-6,8-10H2,1-2H3. The van der Waals surface area contributed by atoms with E-state index >= 15 is 0 Å². The third-order valence-corrected chi connectivity index (χ3v) is 4.15. The molecule has 2 heterocycles. The fourth-order valence-corrected chi connectivity index (χ4v) is 2.74. The quantitative estimate of drug-likeness (QED) is 0.909. The van der Waals surface area contributed by atoms with Gasteiger partial charge in [0.1, 0.15) is 0 Å². The van der Waals surface area contributed by atoms with Crippen LogP contribution in [0.5, 0.6) is 0 Å². The van der Waals surface area contributed by atoms with Crippen LogP contribution in [0.25, 0.3) is 0 Å². The second-order valence-corrected chi connectivity index (χ2v) is 5.35. The van der Waals surface area contributed by atoms with Crippen LogP contribution in [0.4, 0.5) is 5.69 Å². The molecule has 0 aliphatic carbocycles. The van der Waals surface area contributed by atoms with Crippen LogP contribution in [0.2, 0.25) is 5.02 Å². The number of anilines is 1. The molecular weight excluding hydrogens is 246 g/mol. The minimum atomic E-state index is 0.808. The number of aryl methyl sites for hydroxylation is 1. The fraction of sp³-hybridized carbons (Fsp3) is 0.643. The molecule has 0 radical (unpaired) electrons. The molecule has 0 spiro atoms. The van der Waals surface area contributed by atoms with E-state index in [4.69, 9.17) is 11.6 Å². The van der Waals surface area contributed by atoms with Crippen LogP contribution in [0, 0.1) is 12.8 Å². The summed E-state index contributed by atoms with van der Waals surface area (Å²) in [4.78, 5) is 6.61. The Morgan fingerprint density at radius 2 is 2.17 bits per heavy atom. The number of aromatic nitrogens is 1. The zero-order chi connectivity index (χ0) is 13.0. The Balaban J connectivity index is 1.95. The predicted octanol–water partition coefficient (Wildman–Crippen LogP) is 2.87. The summed E-state index contributed by atoms with van der Waals surface area (Å²) in [6.45, 7) is 8.53. The van der Waals surface area contributed by atoms with Crippen molar-refractivity contribution in [1.29, 1.82) is 0 Å². The number of nitrogens with one attached hydrogen (secondary N) is 1. The van der Waals surface area contributed by atoms with Gasteiger partial charge in [0.25, 0.3) is 0 Å². The van der Waals surface area contributed by atoms with E-state index in [1.54, 1.807) is 0 Å². The predicted molar refractivity (Wildman–Crippen MR) is 77.5 cm³/mol. The van der Waals surface area contributed by atoms with Gasteiger partial charge in [-0.05, 0) is 44.8 Å². The van der Waals surface area contributed by atoms with Gasteiger partial charge in [-0.1, -0.05) is 18.5 Å². The number of piperidine rings is 1. The molecule has 0 bridgehead atoms. The van der Waals surface area contributed by atoms with Crippen molar-refractivity contribution in [1.82, 2.24) is 10.3 Å². The maximum Gasteiger partial charge on any atom is 0.0851 e. The summed E-state index contributed by atoms with van der Waals surface area (Å²) in [5.41, 5.74) is 2.06. The van der Waals surface area contributed by atoms with E-state index < -0.39 is 0 Å². The number of rotatable bonds is 4. The highest BCUT2D eigenvalue weighted by molar-refractivity contribution is 6.33. The van der Waals surface area contributed by atoms with Crippen molar-refractivity contribution in [3.8, 4) is 0 Å². The van der Waals surface area contributed by atoms with Crippen molar-refractivity contribution in [2.45, 2.75) is 26.7 Å². The molecule has 1 fully saturated rings. The first kappa shape index (κ1) is 13.6. The molecule has 1 saturated heterocycles. The van der Waals surface area contributed by atoms with E-state index in [-0.39, 0.29) is 0 Å². The zero-order valence-corrected chi connectivity index (χ0v) is 12.0. The highest BCUT2D eigenvalue weighted by Gasteiger charge is 2.20. The molecule has 1 aromatic heterocycles. The summed E-state index contributed by atoms with van der Waals surface area (Å²) in [6, 6.07) is 2.03. The normalized spacial score (nSPS) is 17.2. The van der Waals surface area contributed by atoms with Crippen LogP contribution in [-0.4, -0.2) is 31.2 Å². The maximum absolute atomic E-state index is 6.33. The maximum atomic E-state index is 6.33. The van der Waals surface area contributed by atoms with Crippen molar-refractivity contribution in [2.75, 3.05) is 31.1 Å². The van der Waals surface area contributed by atoms with Crippen LogP contribution < -0.4 is 10.2 Å². The molecule has 18 heavy (non-hydrogen) atoms. The first-order chi connectivity index (χ1) is 8.72. The molecule has 2 rings (SSSR count). The van der Waals surface area contributed by atoms with Crippen molar-refractivity contribution in [2.24, 2.45) is 5.92 Å². The van der Waals surface area contributed by atoms with E-state index in [0.717, 1.165) is 48.5 Å². The van der Waals surface area contributed by atoms with Crippen LogP contribution >= 0.6 is 11.6 Å². The molecule has 0 atom stereocenters. The van der Waals surface area contributed by atoms with Gasteiger partial charge in [0.15, 0.2) is 0 Å². The Bertz CT molecular complexity index is 387. The monoisotopic (exact) mass is 267 g/mol. The number of hydrogen-bond donors (Lipinski definition) is 1. The van der Waals surface area contributed by atoms with Gasteiger partial charge >= 0.3 is 0 Å². The lowest BCUT2D eigenvalue weighted by Crippen LogP contribution is -2.37. The molecule has 0 amide bonds. The lowest BCUT2D eigenvalue weighted by atomic mass is 9.96. The van der Waals surface area contributed by atoms with E-state index in [1.165, 1.54) is 12.8 Å². The Labute approximate surface area is 115 Å². The first-order valence-corrected chi connectivity index (χ1v) is 7.17. The number of hydrogen-bond acceptors (Lipinski definition) is 3. The Kier molecular flexibility index (Phi) is 4.84. The molecule has 100 valence electrons. The molecule has 0 unspecified atom stereocenters. The fourth-order valence-electron chi connectivity index (χ4n) is 2.51. The van der Waals surface area contributed by atoms with Gasteiger partial charge < -0.3 is 10.2 Å². The van der Waals surface area contributed by atoms with Crippen LogP contribution in [-0.2, 0) is 0 Å². The summed E-state index contributed by atoms with van der Waals surface area (Å²) in [7, 11) is 0. The van der Waals surface area contributed by atoms with E-state index in [9.17, 15) is 0 Å². The van der Waals surface area contributed by atoms with Crippen molar-refractivity contribution < 1.29 is 0 Å². The van der Waals surface area contributed by atoms with Gasteiger partial charge in [-0.2, -0.15) is 0 Å². The van der Waals surface area contributed by atoms with Crippen LogP contribution in [0.1, 0.15) is 25.5 Å². The van der Waals surface area contributed by atoms with Gasteiger partial charge in [0, 0.05) is 19.3 Å². The lowest BCUT2D eigenvalue weighted by Gasteiger charge is -2.34. The van der Waals surface area contributed by atoms with Crippen LogP contribution in [0.15, 0.2) is 12.3 Å². The van der Waals surface area contributed by atoms with Gasteiger partial charge in [-0.15, -0.1) is 0 Å². The molecule has 1 aliphatic heterocycles. The van der Waals surface area contributed by atoms with Gasteiger partial charge in [0.2, 0.25) is 0 Å². The summed E-state index contributed by atoms with van der Waals surface area (Å²) >= 11 is 6.33. The summed E-state index contributed by atoms with van der Waals surface area (Å²) in [5.74, 6) is 0.808. The number of nitrogens with zero attached hydrogens (tertiary/aromatic N) is 2.